The molecule has 4 amide bonds. The number of likely N-dealkylation sites (tertiary alicyclic amines) is 1. The number of ketones is 1. The average molecular weight is 529 g/mol. The molecule has 0 saturated carbocycles. The molecule has 0 aromatic heterocycles. The highest BCUT2D eigenvalue weighted by Crippen LogP contribution is 2.29. The van der Waals surface area contributed by atoms with Gasteiger partial charge in [-0.15, -0.1) is 0 Å². The monoisotopic (exact) mass is 528 g/mol. The summed E-state index contributed by atoms with van der Waals surface area (Å²) in [6.07, 6.45) is 2.65. The van der Waals surface area contributed by atoms with E-state index in [1.54, 1.807) is 6.92 Å². The van der Waals surface area contributed by atoms with E-state index in [1.807, 2.05) is 44.2 Å². The smallest absolute Gasteiger partial charge is 0.243 e. The summed E-state index contributed by atoms with van der Waals surface area (Å²) in [4.78, 5) is 65.6. The number of benzene rings is 1. The highest BCUT2D eigenvalue weighted by atomic mass is 16.6. The number of amides is 4. The van der Waals surface area contributed by atoms with Gasteiger partial charge in [0.25, 0.3) is 0 Å². The highest BCUT2D eigenvalue weighted by Gasteiger charge is 2.50. The van der Waals surface area contributed by atoms with Crippen LogP contribution in [0.1, 0.15) is 58.9 Å². The first-order valence-electron chi connectivity index (χ1n) is 13.4. The largest absolute Gasteiger partial charge is 0.361 e. The normalized spacial score (nSPS) is 22.2. The van der Waals surface area contributed by atoms with Crippen molar-refractivity contribution in [3.8, 4) is 0 Å². The van der Waals surface area contributed by atoms with Gasteiger partial charge in [-0.25, -0.2) is 0 Å². The number of nitrogens with one attached hydrogen (secondary N) is 3. The molecule has 0 spiro atoms. The van der Waals surface area contributed by atoms with Gasteiger partial charge >= 0.3 is 0 Å². The van der Waals surface area contributed by atoms with Crippen molar-refractivity contribution in [2.24, 2.45) is 5.92 Å². The molecule has 0 aliphatic carbocycles. The van der Waals surface area contributed by atoms with Gasteiger partial charge in [0.15, 0.2) is 5.78 Å². The summed E-state index contributed by atoms with van der Waals surface area (Å²) >= 11 is 0. The Morgan fingerprint density at radius 1 is 1.05 bits per heavy atom. The molecule has 3 rings (SSSR count). The minimum Gasteiger partial charge on any atom is -0.361 e. The third-order valence-electron chi connectivity index (χ3n) is 6.97. The summed E-state index contributed by atoms with van der Waals surface area (Å²) in [6.45, 7) is 7.52. The van der Waals surface area contributed by atoms with Crippen molar-refractivity contribution in [1.29, 1.82) is 0 Å². The molecule has 1 aromatic rings. The van der Waals surface area contributed by atoms with Gasteiger partial charge in [0.1, 0.15) is 17.7 Å². The number of ether oxygens (including phenoxy) is 1. The zero-order valence-corrected chi connectivity index (χ0v) is 22.7. The lowest BCUT2D eigenvalue weighted by atomic mass is 9.93. The first-order valence-corrected chi connectivity index (χ1v) is 13.4. The molecule has 208 valence electrons. The van der Waals surface area contributed by atoms with Crippen LogP contribution in [0.15, 0.2) is 30.3 Å². The molecule has 0 bridgehead atoms. The molecule has 2 saturated heterocycles. The van der Waals surface area contributed by atoms with Gasteiger partial charge in [0.2, 0.25) is 23.6 Å². The molecule has 10 heteroatoms. The van der Waals surface area contributed by atoms with Crippen LogP contribution in [0.5, 0.6) is 0 Å². The summed E-state index contributed by atoms with van der Waals surface area (Å²) in [6, 6.07) is 6.87. The van der Waals surface area contributed by atoms with Crippen molar-refractivity contribution >= 4 is 29.4 Å². The number of hydrogen-bond donors (Lipinski definition) is 3. The quantitative estimate of drug-likeness (QED) is 0.348. The molecule has 38 heavy (non-hydrogen) atoms. The van der Waals surface area contributed by atoms with Crippen LogP contribution in [0.3, 0.4) is 0 Å². The van der Waals surface area contributed by atoms with Gasteiger partial charge in [-0.1, -0.05) is 44.2 Å². The maximum atomic E-state index is 13.6. The van der Waals surface area contributed by atoms with Crippen LogP contribution in [-0.4, -0.2) is 77.7 Å². The summed E-state index contributed by atoms with van der Waals surface area (Å²) < 4.78 is 5.34. The number of nitrogens with zero attached hydrogens (tertiary/aromatic N) is 1. The lowest BCUT2D eigenvalue weighted by molar-refractivity contribution is -0.143. The lowest BCUT2D eigenvalue weighted by Crippen LogP contribution is -2.59. The van der Waals surface area contributed by atoms with Crippen molar-refractivity contribution in [2.75, 3.05) is 19.7 Å². The first kappa shape index (κ1) is 29.3. The van der Waals surface area contributed by atoms with E-state index in [-0.39, 0.29) is 36.5 Å². The van der Waals surface area contributed by atoms with Gasteiger partial charge in [-0.05, 0) is 44.1 Å². The summed E-state index contributed by atoms with van der Waals surface area (Å²) in [7, 11) is 0. The molecule has 4 atom stereocenters. The number of epoxide rings is 1. The number of hydrogen-bond acceptors (Lipinski definition) is 6. The summed E-state index contributed by atoms with van der Waals surface area (Å²) in [5, 5.41) is 8.23. The van der Waals surface area contributed by atoms with Crippen LogP contribution in [-0.2, 0) is 35.1 Å². The fraction of sp³-hybridized carbons (Fsp3) is 0.607. The Labute approximate surface area is 224 Å². The Morgan fingerprint density at radius 3 is 2.34 bits per heavy atom. The Morgan fingerprint density at radius 2 is 1.74 bits per heavy atom. The summed E-state index contributed by atoms with van der Waals surface area (Å²) in [5.74, 6) is -1.58. The van der Waals surface area contributed by atoms with Crippen molar-refractivity contribution in [2.45, 2.75) is 83.5 Å². The molecule has 0 radical (unpaired) electrons. The van der Waals surface area contributed by atoms with Crippen LogP contribution in [0.2, 0.25) is 0 Å². The molecule has 2 heterocycles. The third kappa shape index (κ3) is 8.11. The Kier molecular flexibility index (Phi) is 10.0. The molecule has 10 nitrogen and oxygen atoms in total. The second-order valence-electron chi connectivity index (χ2n) is 10.8. The number of Topliss-reactive ketones (excluding diaryl/α,β-unsaturated/α-hetero) is 1. The maximum absolute atomic E-state index is 13.6. The van der Waals surface area contributed by atoms with Gasteiger partial charge in [-0.3, -0.25) is 24.0 Å². The van der Waals surface area contributed by atoms with E-state index >= 15 is 0 Å². The van der Waals surface area contributed by atoms with Crippen molar-refractivity contribution in [3.63, 3.8) is 0 Å². The molecule has 2 fully saturated rings. The fourth-order valence-corrected chi connectivity index (χ4v) is 4.73. The minimum absolute atomic E-state index is 0.152. The predicted molar refractivity (Wildman–Crippen MR) is 141 cm³/mol. The van der Waals surface area contributed by atoms with Crippen LogP contribution in [0, 0.1) is 5.92 Å². The predicted octanol–water partition coefficient (Wildman–Crippen LogP) is 1.12. The number of rotatable bonds is 12. The van der Waals surface area contributed by atoms with E-state index in [9.17, 15) is 24.0 Å². The molecule has 1 aromatic carbocycles. The number of carbonyl (C=O) groups excluding carboxylic acids is 5. The zero-order valence-electron chi connectivity index (χ0n) is 22.7. The van der Waals surface area contributed by atoms with Crippen molar-refractivity contribution < 1.29 is 28.7 Å². The van der Waals surface area contributed by atoms with Crippen molar-refractivity contribution in [3.05, 3.63) is 35.9 Å². The Hall–Kier alpha value is -3.27. The first-order chi connectivity index (χ1) is 18.0. The van der Waals surface area contributed by atoms with E-state index in [1.165, 1.54) is 11.8 Å². The highest BCUT2D eigenvalue weighted by molar-refractivity contribution is 5.98. The number of carbonyl (C=O) groups is 5. The average Bonchev–Trinajstić information content (AvgIpc) is 3.64. The standard InChI is InChI=1S/C28H40N4O6/c1-18(2)14-21(25(35)28(4)17-38-28)30-26(36)22(15-20-10-6-5-7-11-20)31-27(37)23-12-8-9-13-32(23)24(34)16-29-19(3)33/h5-7,10-11,18,21-23H,8-9,12-17H2,1-4H3,(H,29,33)(H,30,36)(H,31,37)/t21?,22-,23?,28+/m0/s1. The van der Waals surface area contributed by atoms with Gasteiger partial charge < -0.3 is 25.6 Å². The van der Waals surface area contributed by atoms with E-state index in [0.29, 0.717) is 26.0 Å². The topological polar surface area (TPSA) is 137 Å². The van der Waals surface area contributed by atoms with Crippen LogP contribution in [0.25, 0.3) is 0 Å². The zero-order chi connectivity index (χ0) is 27.9. The van der Waals surface area contributed by atoms with E-state index in [2.05, 4.69) is 16.0 Å². The second-order valence-corrected chi connectivity index (χ2v) is 10.8. The van der Waals surface area contributed by atoms with Gasteiger partial charge in [-0.2, -0.15) is 0 Å². The van der Waals surface area contributed by atoms with E-state index in [0.717, 1.165) is 18.4 Å². The molecular formula is C28H40N4O6. The van der Waals surface area contributed by atoms with Crippen LogP contribution in [0.4, 0.5) is 0 Å². The van der Waals surface area contributed by atoms with Crippen LogP contribution < -0.4 is 16.0 Å². The molecule has 3 N–H and O–H groups in total. The molecule has 2 unspecified atom stereocenters. The van der Waals surface area contributed by atoms with Crippen molar-refractivity contribution in [1.82, 2.24) is 20.9 Å². The second kappa shape index (κ2) is 13.0. The van der Waals surface area contributed by atoms with Gasteiger partial charge in [0, 0.05) is 19.9 Å². The van der Waals surface area contributed by atoms with E-state index in [4.69, 9.17) is 4.74 Å². The summed E-state index contributed by atoms with van der Waals surface area (Å²) in [5.41, 5.74) is -0.0403. The Balaban J connectivity index is 1.77. The number of piperidine rings is 1. The fourth-order valence-electron chi connectivity index (χ4n) is 4.73. The lowest BCUT2D eigenvalue weighted by Gasteiger charge is -2.35. The maximum Gasteiger partial charge on any atom is 0.243 e. The molecule has 2 aliphatic rings. The molecule has 2 aliphatic heterocycles. The van der Waals surface area contributed by atoms with Gasteiger partial charge in [0.05, 0.1) is 19.2 Å². The molecular weight excluding hydrogens is 488 g/mol. The van der Waals surface area contributed by atoms with E-state index < -0.39 is 35.5 Å². The minimum atomic E-state index is -0.950. The third-order valence-corrected chi connectivity index (χ3v) is 6.97. The van der Waals surface area contributed by atoms with Crippen LogP contribution >= 0.6 is 0 Å². The Bertz CT molecular complexity index is 1020. The SMILES string of the molecule is CC(=O)NCC(=O)N1CCCCC1C(=O)N[C@@H](Cc1ccccc1)C(=O)NC(CC(C)C)C(=O)[C@@]1(C)CO1.